The van der Waals surface area contributed by atoms with E-state index in [1.807, 2.05) is 0 Å². The van der Waals surface area contributed by atoms with E-state index in [4.69, 9.17) is 4.74 Å². The molecule has 5 nitrogen and oxygen atoms in total. The molecule has 0 saturated carbocycles. The lowest BCUT2D eigenvalue weighted by Crippen LogP contribution is -1.91. The van der Waals surface area contributed by atoms with Gasteiger partial charge in [0.05, 0.1) is 7.11 Å². The number of aromatic nitrogens is 2. The minimum absolute atomic E-state index is 0.187. The summed E-state index contributed by atoms with van der Waals surface area (Å²) in [6.07, 6.45) is 0. The maximum Gasteiger partial charge on any atom is 0.119 e. The van der Waals surface area contributed by atoms with Crippen molar-refractivity contribution in [3.05, 3.63) is 18.2 Å². The zero-order chi connectivity index (χ0) is 10.1. The van der Waals surface area contributed by atoms with Gasteiger partial charge in [-0.15, -0.1) is 0 Å². The summed E-state index contributed by atoms with van der Waals surface area (Å²) in [6, 6.07) is 5.00. The molecule has 1 aromatic carbocycles. The molecule has 0 aliphatic carbocycles. The molecule has 0 radical (unpaired) electrons. The number of hydrogen-bond acceptors (Lipinski definition) is 4. The largest absolute Gasteiger partial charge is 0.769 e. The summed E-state index contributed by atoms with van der Waals surface area (Å²) in [5.41, 5.74) is 1.06. The Kier molecular flexibility index (Phi) is 2.22. The average molecular weight is 210 g/mol. The number of rotatable bonds is 2. The molecule has 14 heavy (non-hydrogen) atoms. The minimum Gasteiger partial charge on any atom is -0.769 e. The van der Waals surface area contributed by atoms with E-state index in [0.717, 1.165) is 0 Å². The van der Waals surface area contributed by atoms with E-state index < -0.39 is 11.1 Å². The van der Waals surface area contributed by atoms with Gasteiger partial charge in [-0.25, -0.2) is 0 Å². The first kappa shape index (κ1) is 9.17. The van der Waals surface area contributed by atoms with Crippen LogP contribution in [0.3, 0.4) is 0 Å². The van der Waals surface area contributed by atoms with E-state index in [9.17, 15) is 8.76 Å². The molecule has 1 heterocycles. The summed E-state index contributed by atoms with van der Waals surface area (Å²) >= 11 is -2.38. The van der Waals surface area contributed by atoms with Gasteiger partial charge in [-0.2, -0.15) is 0 Å². The van der Waals surface area contributed by atoms with Gasteiger partial charge in [0.2, 0.25) is 0 Å². The summed E-state index contributed by atoms with van der Waals surface area (Å²) in [5.74, 6) is 0.626. The third-order valence-corrected chi connectivity index (χ3v) is 2.24. The van der Waals surface area contributed by atoms with Crippen molar-refractivity contribution < 1.29 is 13.5 Å². The second-order valence-corrected chi connectivity index (χ2v) is 3.43. The van der Waals surface area contributed by atoms with Crippen molar-refractivity contribution in [3.8, 4) is 5.75 Å². The molecule has 6 heteroatoms. The number of nitrogens with zero attached hydrogens (tertiary/aromatic N) is 2. The summed E-state index contributed by atoms with van der Waals surface area (Å²) in [6.45, 7) is 0. The molecule has 1 aromatic heterocycles. The van der Waals surface area contributed by atoms with Crippen LogP contribution in [0.4, 0.5) is 0 Å². The lowest BCUT2D eigenvalue weighted by molar-refractivity contribution is 0.415. The van der Waals surface area contributed by atoms with Crippen LogP contribution in [0.2, 0.25) is 0 Å². The van der Waals surface area contributed by atoms with Crippen molar-refractivity contribution in [2.24, 2.45) is 0 Å². The first-order chi connectivity index (χ1) is 6.70. The Morgan fingerprint density at radius 2 is 2.36 bits per heavy atom. The summed E-state index contributed by atoms with van der Waals surface area (Å²) in [4.78, 5) is 7.63. The van der Waals surface area contributed by atoms with Gasteiger partial charge in [0.25, 0.3) is 0 Å². The smallest absolute Gasteiger partial charge is 0.119 e. The molecule has 1 atom stereocenters. The number of hydrogen-bond donors (Lipinski definition) is 0. The van der Waals surface area contributed by atoms with E-state index >= 15 is 0 Å². The monoisotopic (exact) mass is 210 g/mol. The maximum atomic E-state index is 10.6. The maximum absolute atomic E-state index is 10.6. The van der Waals surface area contributed by atoms with Crippen LogP contribution in [-0.2, 0) is 11.1 Å². The van der Waals surface area contributed by atoms with Gasteiger partial charge < -0.3 is 19.3 Å². The topological polar surface area (TPSA) is 76.4 Å². The van der Waals surface area contributed by atoms with Crippen LogP contribution in [0.15, 0.2) is 23.4 Å². The molecule has 2 rings (SSSR count). The summed E-state index contributed by atoms with van der Waals surface area (Å²) in [5, 5.41) is -0.187. The van der Waals surface area contributed by atoms with E-state index in [1.54, 1.807) is 18.2 Å². The van der Waals surface area contributed by atoms with Gasteiger partial charge in [0.15, 0.2) is 0 Å². The number of fused-ring (bicyclic) bond motifs is 1. The molecular formula is C8H6N2O3S-2. The van der Waals surface area contributed by atoms with Crippen LogP contribution in [0.5, 0.6) is 5.75 Å². The summed E-state index contributed by atoms with van der Waals surface area (Å²) in [7, 11) is 1.53. The van der Waals surface area contributed by atoms with Crippen molar-refractivity contribution >= 4 is 22.1 Å². The Labute approximate surface area is 82.4 Å². The van der Waals surface area contributed by atoms with Crippen LogP contribution in [0.25, 0.3) is 11.0 Å². The van der Waals surface area contributed by atoms with E-state index in [1.165, 1.54) is 7.11 Å². The second-order valence-electron chi connectivity index (χ2n) is 2.60. The van der Waals surface area contributed by atoms with Crippen LogP contribution < -0.4 is 9.72 Å². The highest BCUT2D eigenvalue weighted by Crippen LogP contribution is 2.18. The van der Waals surface area contributed by atoms with Gasteiger partial charge >= 0.3 is 0 Å². The summed E-state index contributed by atoms with van der Waals surface area (Å²) < 4.78 is 26.1. The Morgan fingerprint density at radius 3 is 3.00 bits per heavy atom. The van der Waals surface area contributed by atoms with E-state index in [-0.39, 0.29) is 5.16 Å². The van der Waals surface area contributed by atoms with E-state index in [2.05, 4.69) is 9.97 Å². The molecule has 0 N–H and O–H groups in total. The Balaban J connectivity index is 2.60. The molecule has 74 valence electrons. The molecular weight excluding hydrogens is 204 g/mol. The van der Waals surface area contributed by atoms with Crippen LogP contribution >= 0.6 is 0 Å². The van der Waals surface area contributed by atoms with Gasteiger partial charge in [0.1, 0.15) is 5.75 Å². The Morgan fingerprint density at radius 1 is 1.57 bits per heavy atom. The van der Waals surface area contributed by atoms with Gasteiger partial charge in [-0.3, -0.25) is 4.21 Å². The zero-order valence-corrected chi connectivity index (χ0v) is 8.08. The lowest BCUT2D eigenvalue weighted by Gasteiger charge is -2.05. The van der Waals surface area contributed by atoms with Gasteiger partial charge in [-0.05, 0) is 39.4 Å². The predicted molar refractivity (Wildman–Crippen MR) is 48.8 cm³/mol. The third-order valence-electron chi connectivity index (χ3n) is 1.76. The first-order valence-corrected chi connectivity index (χ1v) is 4.86. The second kappa shape index (κ2) is 3.39. The normalized spacial score (nSPS) is 13.0. The van der Waals surface area contributed by atoms with Gasteiger partial charge in [0, 0.05) is 0 Å². The first-order valence-electron chi connectivity index (χ1n) is 3.78. The molecule has 0 aliphatic rings. The highest BCUT2D eigenvalue weighted by Gasteiger charge is 1.94. The molecule has 0 spiro atoms. The van der Waals surface area contributed by atoms with Crippen LogP contribution in [0, 0.1) is 0 Å². The van der Waals surface area contributed by atoms with Crippen molar-refractivity contribution in [2.75, 3.05) is 7.11 Å². The minimum atomic E-state index is -2.38. The molecule has 0 bridgehead atoms. The number of imidazole rings is 1. The number of benzene rings is 1. The Bertz CT molecular complexity index is 494. The van der Waals surface area contributed by atoms with Crippen LogP contribution in [0.1, 0.15) is 0 Å². The Hall–Kier alpha value is -1.40. The van der Waals surface area contributed by atoms with Crippen molar-refractivity contribution in [2.45, 2.75) is 5.16 Å². The molecule has 1 unspecified atom stereocenters. The fraction of sp³-hybridized carbons (Fsp3) is 0.125. The predicted octanol–water partition coefficient (Wildman–Crippen LogP) is 0.439. The molecule has 0 amide bonds. The average Bonchev–Trinajstić information content (AvgIpc) is 2.59. The SMILES string of the molecule is COc1ccc2[n-]c(S(=O)[O-])nc2c1. The number of methoxy groups -OCH3 is 1. The number of ether oxygens (including phenoxy) is 1. The fourth-order valence-corrected chi connectivity index (χ4v) is 1.47. The molecule has 0 fully saturated rings. The highest BCUT2D eigenvalue weighted by atomic mass is 32.2. The standard InChI is InChI=1S/C8H7N2O3S/c1-13-5-2-3-6-7(4-5)10-8(9-6)14(11)12/h2-4H,1H3,(H-,9,10,11,12)/q-1/p-1. The zero-order valence-electron chi connectivity index (χ0n) is 7.26. The highest BCUT2D eigenvalue weighted by molar-refractivity contribution is 7.79. The molecule has 0 saturated heterocycles. The van der Waals surface area contributed by atoms with Crippen molar-refractivity contribution in [3.63, 3.8) is 0 Å². The lowest BCUT2D eigenvalue weighted by atomic mass is 10.3. The van der Waals surface area contributed by atoms with Gasteiger partial charge in [-0.1, -0.05) is 6.07 Å². The van der Waals surface area contributed by atoms with Crippen molar-refractivity contribution in [1.82, 2.24) is 9.97 Å². The third kappa shape index (κ3) is 1.49. The van der Waals surface area contributed by atoms with Crippen LogP contribution in [-0.4, -0.2) is 20.9 Å². The fourth-order valence-electron chi connectivity index (χ4n) is 1.12. The quantitative estimate of drug-likeness (QED) is 0.672. The molecule has 2 aromatic rings. The molecule has 0 aliphatic heterocycles. The van der Waals surface area contributed by atoms with Crippen molar-refractivity contribution in [1.29, 1.82) is 0 Å². The van der Waals surface area contributed by atoms with E-state index in [0.29, 0.717) is 16.8 Å².